The van der Waals surface area contributed by atoms with Crippen molar-refractivity contribution >= 4 is 27.5 Å². The minimum Gasteiger partial charge on any atom is -0.497 e. The van der Waals surface area contributed by atoms with Crippen LogP contribution in [0.3, 0.4) is 0 Å². The molecule has 0 radical (unpaired) electrons. The summed E-state index contributed by atoms with van der Waals surface area (Å²) < 4.78 is 34.7. The van der Waals surface area contributed by atoms with Gasteiger partial charge in [0.25, 0.3) is 10.0 Å². The minimum atomic E-state index is -4.12. The topological polar surface area (TPSA) is 96.0 Å². The first-order valence-corrected chi connectivity index (χ1v) is 15.4. The lowest BCUT2D eigenvalue weighted by molar-refractivity contribution is -0.140. The Balaban J connectivity index is 2.11. The van der Waals surface area contributed by atoms with E-state index in [2.05, 4.69) is 5.32 Å². The van der Waals surface area contributed by atoms with E-state index in [1.807, 2.05) is 58.9 Å². The molecular weight excluding hydrogens is 538 g/mol. The van der Waals surface area contributed by atoms with E-state index in [1.165, 1.54) is 9.21 Å². The summed E-state index contributed by atoms with van der Waals surface area (Å²) in [6.07, 6.45) is 0.927. The van der Waals surface area contributed by atoms with Crippen molar-refractivity contribution in [3.8, 4) is 5.75 Å². The van der Waals surface area contributed by atoms with Crippen molar-refractivity contribution < 1.29 is 22.7 Å². The van der Waals surface area contributed by atoms with Crippen LogP contribution in [0.25, 0.3) is 0 Å². The molecule has 1 atom stereocenters. The van der Waals surface area contributed by atoms with E-state index < -0.39 is 28.5 Å². The average Bonchev–Trinajstić information content (AvgIpc) is 2.95. The lowest BCUT2D eigenvalue weighted by Crippen LogP contribution is -2.53. The maximum atomic E-state index is 14.2. The Morgan fingerprint density at radius 2 is 1.63 bits per heavy atom. The van der Waals surface area contributed by atoms with E-state index in [9.17, 15) is 18.0 Å². The lowest BCUT2D eigenvalue weighted by atomic mass is 10.1. The molecule has 3 rings (SSSR count). The summed E-state index contributed by atoms with van der Waals surface area (Å²) in [5.41, 5.74) is 2.91. The van der Waals surface area contributed by atoms with Crippen molar-refractivity contribution in [1.29, 1.82) is 0 Å². The van der Waals surface area contributed by atoms with Crippen LogP contribution in [0.2, 0.25) is 0 Å². The van der Waals surface area contributed by atoms with Crippen LogP contribution in [0.5, 0.6) is 5.75 Å². The third-order valence-corrected chi connectivity index (χ3v) is 8.61. The molecule has 3 aromatic carbocycles. The van der Waals surface area contributed by atoms with Crippen molar-refractivity contribution in [3.05, 3.63) is 89.5 Å². The van der Waals surface area contributed by atoms with Gasteiger partial charge < -0.3 is 15.0 Å². The van der Waals surface area contributed by atoms with Gasteiger partial charge in [-0.05, 0) is 75.1 Å². The maximum Gasteiger partial charge on any atom is 0.264 e. The Hall–Kier alpha value is -3.85. The van der Waals surface area contributed by atoms with Gasteiger partial charge in [-0.2, -0.15) is 0 Å². The van der Waals surface area contributed by atoms with Gasteiger partial charge in [-0.25, -0.2) is 8.42 Å². The van der Waals surface area contributed by atoms with Crippen molar-refractivity contribution in [1.82, 2.24) is 10.2 Å². The molecule has 2 amide bonds. The highest BCUT2D eigenvalue weighted by Gasteiger charge is 2.34. The molecule has 0 aliphatic carbocycles. The first-order valence-electron chi connectivity index (χ1n) is 13.9. The number of nitrogens with zero attached hydrogens (tertiary/aromatic N) is 2. The fraction of sp³-hybridized carbons (Fsp3) is 0.375. The minimum absolute atomic E-state index is 0.0887. The van der Waals surface area contributed by atoms with Crippen LogP contribution in [0.1, 0.15) is 50.8 Å². The second-order valence-corrected chi connectivity index (χ2v) is 12.1. The molecule has 0 heterocycles. The Morgan fingerprint density at radius 3 is 2.24 bits per heavy atom. The Bertz CT molecular complexity index is 1440. The fourth-order valence-corrected chi connectivity index (χ4v) is 6.12. The predicted octanol–water partition coefficient (Wildman–Crippen LogP) is 5.09. The van der Waals surface area contributed by atoms with Gasteiger partial charge in [-0.15, -0.1) is 0 Å². The van der Waals surface area contributed by atoms with Gasteiger partial charge in [0.1, 0.15) is 18.3 Å². The normalized spacial score (nSPS) is 12.1. The number of para-hydroxylation sites is 1. The van der Waals surface area contributed by atoms with E-state index >= 15 is 0 Å². The molecule has 0 spiro atoms. The molecule has 0 aromatic heterocycles. The summed E-state index contributed by atoms with van der Waals surface area (Å²) in [5.74, 6) is -0.157. The summed E-state index contributed by atoms with van der Waals surface area (Å²) in [6, 6.07) is 20.1. The summed E-state index contributed by atoms with van der Waals surface area (Å²) >= 11 is 0. The third-order valence-electron chi connectivity index (χ3n) is 6.83. The smallest absolute Gasteiger partial charge is 0.264 e. The number of methoxy groups -OCH3 is 1. The van der Waals surface area contributed by atoms with Gasteiger partial charge in [0.15, 0.2) is 0 Å². The van der Waals surface area contributed by atoms with E-state index in [0.29, 0.717) is 24.3 Å². The molecule has 3 aromatic rings. The van der Waals surface area contributed by atoms with E-state index in [4.69, 9.17) is 4.74 Å². The highest BCUT2D eigenvalue weighted by atomic mass is 32.2. The fourth-order valence-electron chi connectivity index (χ4n) is 4.67. The van der Waals surface area contributed by atoms with Crippen LogP contribution >= 0.6 is 0 Å². The zero-order chi connectivity index (χ0) is 30.2. The van der Waals surface area contributed by atoms with Crippen LogP contribution in [0.4, 0.5) is 5.69 Å². The second-order valence-electron chi connectivity index (χ2n) is 10.3. The summed E-state index contributed by atoms with van der Waals surface area (Å²) in [7, 11) is -2.56. The second kappa shape index (κ2) is 14.2. The zero-order valence-corrected chi connectivity index (χ0v) is 25.6. The van der Waals surface area contributed by atoms with Crippen molar-refractivity contribution in [3.63, 3.8) is 0 Å². The number of hydrogen-bond acceptors (Lipinski definition) is 5. The standard InChI is InChI=1S/C32H41N3O5S/c1-7-26-13-9-10-15-30(26)35(41(38,39)28-18-16-24(5)17-19-28)22-31(36)34(29(8-2)32(37)33-23(3)4)21-25-12-11-14-27(20-25)40-6/h9-20,23,29H,7-8,21-22H2,1-6H3,(H,33,37)/t29-/m0/s1. The maximum absolute atomic E-state index is 14.2. The molecule has 1 N–H and O–H groups in total. The molecule has 220 valence electrons. The number of nitrogens with one attached hydrogen (secondary N) is 1. The monoisotopic (exact) mass is 579 g/mol. The summed E-state index contributed by atoms with van der Waals surface area (Å²) in [5, 5.41) is 2.91. The zero-order valence-electron chi connectivity index (χ0n) is 24.8. The van der Waals surface area contributed by atoms with E-state index in [0.717, 1.165) is 16.7 Å². The molecule has 0 saturated heterocycles. The average molecular weight is 580 g/mol. The molecule has 0 fully saturated rings. The van der Waals surface area contributed by atoms with Gasteiger partial charge in [-0.3, -0.25) is 13.9 Å². The quantitative estimate of drug-likeness (QED) is 0.304. The van der Waals surface area contributed by atoms with Crippen molar-refractivity contribution in [2.24, 2.45) is 0 Å². The van der Waals surface area contributed by atoms with Gasteiger partial charge in [-0.1, -0.05) is 61.9 Å². The molecule has 8 nitrogen and oxygen atoms in total. The largest absolute Gasteiger partial charge is 0.497 e. The number of ether oxygens (including phenoxy) is 1. The van der Waals surface area contributed by atoms with Crippen LogP contribution in [0, 0.1) is 6.92 Å². The van der Waals surface area contributed by atoms with Crippen LogP contribution in [0.15, 0.2) is 77.7 Å². The first kappa shape index (κ1) is 31.7. The van der Waals surface area contributed by atoms with Gasteiger partial charge in [0, 0.05) is 12.6 Å². The van der Waals surface area contributed by atoms with Gasteiger partial charge in [0.2, 0.25) is 11.8 Å². The molecule has 9 heteroatoms. The first-order chi connectivity index (χ1) is 19.5. The number of sulfonamides is 1. The Morgan fingerprint density at radius 1 is 0.951 bits per heavy atom. The third kappa shape index (κ3) is 7.88. The predicted molar refractivity (Wildman–Crippen MR) is 162 cm³/mol. The SMILES string of the molecule is CCc1ccccc1N(CC(=O)N(Cc1cccc(OC)c1)[C@@H](CC)C(=O)NC(C)C)S(=O)(=O)c1ccc(C)cc1. The van der Waals surface area contributed by atoms with E-state index in [1.54, 1.807) is 55.6 Å². The number of hydrogen-bond donors (Lipinski definition) is 1. The number of carbonyl (C=O) groups is 2. The number of benzene rings is 3. The number of anilines is 1. The number of amides is 2. The van der Waals surface area contributed by atoms with E-state index in [-0.39, 0.29) is 23.4 Å². The molecule has 0 aliphatic rings. The van der Waals surface area contributed by atoms with Crippen LogP contribution < -0.4 is 14.4 Å². The van der Waals surface area contributed by atoms with Crippen LogP contribution in [-0.4, -0.2) is 50.9 Å². The lowest BCUT2D eigenvalue weighted by Gasteiger charge is -2.34. The number of rotatable bonds is 13. The highest BCUT2D eigenvalue weighted by Crippen LogP contribution is 2.29. The molecular formula is C32H41N3O5S. The van der Waals surface area contributed by atoms with Crippen molar-refractivity contribution in [2.75, 3.05) is 18.0 Å². The van der Waals surface area contributed by atoms with Gasteiger partial charge >= 0.3 is 0 Å². The molecule has 41 heavy (non-hydrogen) atoms. The van der Waals surface area contributed by atoms with Gasteiger partial charge in [0.05, 0.1) is 17.7 Å². The number of carbonyl (C=O) groups excluding carboxylic acids is 2. The van der Waals surface area contributed by atoms with Crippen molar-refractivity contribution in [2.45, 2.75) is 71.0 Å². The highest BCUT2D eigenvalue weighted by molar-refractivity contribution is 7.92. The summed E-state index contributed by atoms with van der Waals surface area (Å²) in [4.78, 5) is 29.1. The Kier molecular flexibility index (Phi) is 10.9. The molecule has 0 bridgehead atoms. The van der Waals surface area contributed by atoms with Crippen LogP contribution in [-0.2, 0) is 32.6 Å². The summed E-state index contributed by atoms with van der Waals surface area (Å²) in [6.45, 7) is 9.01. The molecule has 0 saturated carbocycles. The Labute approximate surface area is 244 Å². The molecule has 0 unspecified atom stereocenters. The molecule has 0 aliphatic heterocycles. The number of aryl methyl sites for hydroxylation is 2.